The lowest BCUT2D eigenvalue weighted by Gasteiger charge is -2.15. The highest BCUT2D eigenvalue weighted by Gasteiger charge is 2.13. The fourth-order valence-corrected chi connectivity index (χ4v) is 2.69. The van der Waals surface area contributed by atoms with Crippen molar-refractivity contribution in [1.82, 2.24) is 9.97 Å². The van der Waals surface area contributed by atoms with Gasteiger partial charge in [0.15, 0.2) is 11.5 Å². The molecule has 8 heteroatoms. The Kier molecular flexibility index (Phi) is 6.94. The molecule has 1 heterocycles. The van der Waals surface area contributed by atoms with Gasteiger partial charge in [-0.05, 0) is 12.1 Å². The van der Waals surface area contributed by atoms with E-state index in [1.165, 1.54) is 6.33 Å². The lowest BCUT2D eigenvalue weighted by molar-refractivity contribution is 0.324. The molecule has 8 nitrogen and oxygen atoms in total. The number of methoxy groups -OCH3 is 3. The molecule has 2 N–H and O–H groups in total. The monoisotopic (exact) mass is 396 g/mol. The fraction of sp³-hybridized carbons (Fsp3) is 0.238. The van der Waals surface area contributed by atoms with E-state index in [0.717, 1.165) is 11.4 Å². The van der Waals surface area contributed by atoms with Crippen molar-refractivity contribution >= 4 is 17.3 Å². The van der Waals surface area contributed by atoms with Crippen molar-refractivity contribution in [3.8, 4) is 23.0 Å². The number of nitrogens with zero attached hydrogens (tertiary/aromatic N) is 2. The molecule has 152 valence electrons. The number of aromatic nitrogens is 2. The van der Waals surface area contributed by atoms with Gasteiger partial charge in [0.1, 0.15) is 30.3 Å². The van der Waals surface area contributed by atoms with Crippen LogP contribution in [0.2, 0.25) is 0 Å². The molecule has 2 aromatic carbocycles. The minimum atomic E-state index is 0.518. The molecule has 0 atom stereocenters. The Labute approximate surface area is 169 Å². The second-order valence-corrected chi connectivity index (χ2v) is 5.92. The summed E-state index contributed by atoms with van der Waals surface area (Å²) in [5, 5.41) is 6.44. The van der Waals surface area contributed by atoms with Gasteiger partial charge in [-0.3, -0.25) is 0 Å². The minimum Gasteiger partial charge on any atom is -0.493 e. The minimum absolute atomic E-state index is 0.518. The van der Waals surface area contributed by atoms with Gasteiger partial charge in [0.05, 0.1) is 27.9 Å². The summed E-state index contributed by atoms with van der Waals surface area (Å²) < 4.78 is 21.8. The van der Waals surface area contributed by atoms with E-state index in [-0.39, 0.29) is 0 Å². The van der Waals surface area contributed by atoms with Crippen LogP contribution in [-0.4, -0.2) is 44.4 Å². The molecule has 0 bridgehead atoms. The molecular weight excluding hydrogens is 372 g/mol. The summed E-state index contributed by atoms with van der Waals surface area (Å²) in [7, 11) is 4.72. The van der Waals surface area contributed by atoms with E-state index < -0.39 is 0 Å². The van der Waals surface area contributed by atoms with Gasteiger partial charge < -0.3 is 29.6 Å². The van der Waals surface area contributed by atoms with Crippen molar-refractivity contribution in [3.63, 3.8) is 0 Å². The van der Waals surface area contributed by atoms with Gasteiger partial charge in [-0.15, -0.1) is 0 Å². The highest BCUT2D eigenvalue weighted by molar-refractivity contribution is 5.67. The average molecular weight is 396 g/mol. The number of ether oxygens (including phenoxy) is 4. The van der Waals surface area contributed by atoms with Crippen molar-refractivity contribution in [1.29, 1.82) is 0 Å². The predicted molar refractivity (Wildman–Crippen MR) is 112 cm³/mol. The first-order chi connectivity index (χ1) is 14.2. The van der Waals surface area contributed by atoms with Gasteiger partial charge in [-0.25, -0.2) is 9.97 Å². The van der Waals surface area contributed by atoms with E-state index in [0.29, 0.717) is 42.0 Å². The first-order valence-electron chi connectivity index (χ1n) is 9.04. The van der Waals surface area contributed by atoms with Crippen molar-refractivity contribution < 1.29 is 18.9 Å². The molecule has 3 rings (SSSR count). The van der Waals surface area contributed by atoms with Crippen LogP contribution in [0.5, 0.6) is 23.0 Å². The van der Waals surface area contributed by atoms with E-state index in [9.17, 15) is 0 Å². The number of nitrogens with one attached hydrogen (secondary N) is 2. The summed E-state index contributed by atoms with van der Waals surface area (Å²) in [5.74, 6) is 3.79. The third kappa shape index (κ3) is 5.41. The lowest BCUT2D eigenvalue weighted by atomic mass is 10.2. The molecule has 0 aliphatic rings. The lowest BCUT2D eigenvalue weighted by Crippen LogP contribution is -2.12. The maximum atomic E-state index is 5.67. The van der Waals surface area contributed by atoms with Gasteiger partial charge >= 0.3 is 0 Å². The number of hydrogen-bond donors (Lipinski definition) is 2. The Hall–Kier alpha value is -3.68. The molecule has 0 fully saturated rings. The normalized spacial score (nSPS) is 10.2. The van der Waals surface area contributed by atoms with Gasteiger partial charge in [0, 0.05) is 23.9 Å². The summed E-state index contributed by atoms with van der Waals surface area (Å²) in [5.41, 5.74) is 0.747. The van der Waals surface area contributed by atoms with Crippen LogP contribution < -0.4 is 29.6 Å². The summed E-state index contributed by atoms with van der Waals surface area (Å²) >= 11 is 0. The zero-order valence-electron chi connectivity index (χ0n) is 16.6. The van der Waals surface area contributed by atoms with Crippen molar-refractivity contribution in [2.24, 2.45) is 0 Å². The van der Waals surface area contributed by atoms with Crippen molar-refractivity contribution in [3.05, 3.63) is 54.9 Å². The second-order valence-electron chi connectivity index (χ2n) is 5.92. The molecule has 0 unspecified atom stereocenters. The predicted octanol–water partition coefficient (Wildman–Crippen LogP) is 3.74. The van der Waals surface area contributed by atoms with E-state index >= 15 is 0 Å². The number of rotatable bonds is 10. The molecule has 0 saturated heterocycles. The van der Waals surface area contributed by atoms with Gasteiger partial charge in [-0.2, -0.15) is 0 Å². The number of hydrogen-bond acceptors (Lipinski definition) is 8. The third-order valence-corrected chi connectivity index (χ3v) is 4.02. The maximum absolute atomic E-state index is 5.67. The molecular formula is C21H24N4O4. The molecule has 0 saturated carbocycles. The van der Waals surface area contributed by atoms with Gasteiger partial charge in [-0.1, -0.05) is 18.2 Å². The molecule has 0 amide bonds. The van der Waals surface area contributed by atoms with E-state index in [1.54, 1.807) is 21.3 Å². The van der Waals surface area contributed by atoms with Crippen LogP contribution in [0.4, 0.5) is 17.3 Å². The SMILES string of the molecule is COc1cc(Nc2cc(NCCOc3ccccc3)ncn2)cc(OC)c1OC. The average Bonchev–Trinajstić information content (AvgIpc) is 2.77. The fourth-order valence-electron chi connectivity index (χ4n) is 2.69. The van der Waals surface area contributed by atoms with E-state index in [4.69, 9.17) is 18.9 Å². The first-order valence-corrected chi connectivity index (χ1v) is 9.04. The summed E-state index contributed by atoms with van der Waals surface area (Å²) in [6.45, 7) is 1.12. The second kappa shape index (κ2) is 10.0. The highest BCUT2D eigenvalue weighted by Crippen LogP contribution is 2.40. The van der Waals surface area contributed by atoms with Crippen molar-refractivity contribution in [2.45, 2.75) is 0 Å². The largest absolute Gasteiger partial charge is 0.493 e. The van der Waals surface area contributed by atoms with Crippen LogP contribution in [-0.2, 0) is 0 Å². The Morgan fingerprint density at radius 2 is 1.52 bits per heavy atom. The standard InChI is InChI=1S/C21H24N4O4/c1-26-17-11-15(12-18(27-2)21(17)28-3)25-20-13-19(23-14-24-20)22-9-10-29-16-7-5-4-6-8-16/h4-8,11-14H,9-10H2,1-3H3,(H2,22,23,24,25). The molecule has 0 aliphatic heterocycles. The van der Waals surface area contributed by atoms with Crippen molar-refractivity contribution in [2.75, 3.05) is 45.1 Å². The zero-order valence-corrected chi connectivity index (χ0v) is 16.6. The van der Waals surface area contributed by atoms with Crippen LogP contribution >= 0.6 is 0 Å². The number of anilines is 3. The Morgan fingerprint density at radius 3 is 2.17 bits per heavy atom. The van der Waals surface area contributed by atoms with Crippen LogP contribution in [0.15, 0.2) is 54.9 Å². The summed E-state index contributed by atoms with van der Waals surface area (Å²) in [6.07, 6.45) is 1.49. The molecule has 0 aliphatic carbocycles. The first kappa shape index (κ1) is 20.1. The van der Waals surface area contributed by atoms with E-state index in [2.05, 4.69) is 20.6 Å². The summed E-state index contributed by atoms with van der Waals surface area (Å²) in [6, 6.07) is 15.1. The Morgan fingerprint density at radius 1 is 0.828 bits per heavy atom. The molecule has 3 aromatic rings. The molecule has 0 spiro atoms. The van der Waals surface area contributed by atoms with E-state index in [1.807, 2.05) is 48.5 Å². The zero-order chi connectivity index (χ0) is 20.5. The summed E-state index contributed by atoms with van der Waals surface area (Å²) in [4.78, 5) is 8.49. The van der Waals surface area contributed by atoms with Crippen LogP contribution in [0.25, 0.3) is 0 Å². The smallest absolute Gasteiger partial charge is 0.203 e. The van der Waals surface area contributed by atoms with Crippen LogP contribution in [0.1, 0.15) is 0 Å². The maximum Gasteiger partial charge on any atom is 0.203 e. The number of benzene rings is 2. The van der Waals surface area contributed by atoms with Gasteiger partial charge in [0.2, 0.25) is 5.75 Å². The third-order valence-electron chi connectivity index (χ3n) is 4.02. The van der Waals surface area contributed by atoms with Gasteiger partial charge in [0.25, 0.3) is 0 Å². The Bertz CT molecular complexity index is 897. The Balaban J connectivity index is 1.62. The van der Waals surface area contributed by atoms with Crippen LogP contribution in [0, 0.1) is 0 Å². The van der Waals surface area contributed by atoms with Crippen LogP contribution in [0.3, 0.4) is 0 Å². The molecule has 0 radical (unpaired) electrons. The number of para-hydroxylation sites is 1. The molecule has 1 aromatic heterocycles. The quantitative estimate of drug-likeness (QED) is 0.501. The topological polar surface area (TPSA) is 86.8 Å². The highest BCUT2D eigenvalue weighted by atomic mass is 16.5. The molecule has 29 heavy (non-hydrogen) atoms.